The Hall–Kier alpha value is -1.36. The first-order chi connectivity index (χ1) is 10.2. The lowest BCUT2D eigenvalue weighted by Crippen LogP contribution is -2.46. The van der Waals surface area contributed by atoms with Gasteiger partial charge in [-0.05, 0) is 32.1 Å². The molecule has 1 aliphatic rings. The van der Waals surface area contributed by atoms with Crippen LogP contribution in [0.4, 0.5) is 0 Å². The summed E-state index contributed by atoms with van der Waals surface area (Å²) in [6, 6.07) is 8.51. The van der Waals surface area contributed by atoms with Gasteiger partial charge in [-0.1, -0.05) is 25.1 Å². The van der Waals surface area contributed by atoms with E-state index in [1.54, 1.807) is 0 Å². The Kier molecular flexibility index (Phi) is 4.29. The van der Waals surface area contributed by atoms with Crippen molar-refractivity contribution in [3.8, 4) is 0 Å². The lowest BCUT2D eigenvalue weighted by Gasteiger charge is -2.34. The molecule has 1 N–H and O–H groups in total. The van der Waals surface area contributed by atoms with Crippen molar-refractivity contribution in [2.24, 2.45) is 0 Å². The summed E-state index contributed by atoms with van der Waals surface area (Å²) in [5.74, 6) is 0.974. The van der Waals surface area contributed by atoms with Gasteiger partial charge in [0.2, 0.25) is 0 Å². The van der Waals surface area contributed by atoms with Crippen molar-refractivity contribution in [2.75, 3.05) is 33.3 Å². The summed E-state index contributed by atoms with van der Waals surface area (Å²) in [5.41, 5.74) is 2.16. The number of para-hydroxylation sites is 1. The molecule has 1 aromatic heterocycles. The minimum absolute atomic E-state index is 0.101. The van der Waals surface area contributed by atoms with E-state index < -0.39 is 0 Å². The molecule has 1 saturated heterocycles. The summed E-state index contributed by atoms with van der Waals surface area (Å²) in [6.45, 7) is 7.80. The molecule has 2 aromatic rings. The third-order valence-electron chi connectivity index (χ3n) is 4.16. The van der Waals surface area contributed by atoms with E-state index in [1.807, 2.05) is 0 Å². The van der Waals surface area contributed by atoms with Gasteiger partial charge in [-0.15, -0.1) is 0 Å². The molecule has 0 amide bonds. The number of rotatable bonds is 4. The van der Waals surface area contributed by atoms with Crippen LogP contribution >= 0.6 is 0 Å². The van der Waals surface area contributed by atoms with E-state index >= 15 is 0 Å². The van der Waals surface area contributed by atoms with Crippen LogP contribution in [0.15, 0.2) is 28.7 Å². The van der Waals surface area contributed by atoms with Crippen molar-refractivity contribution in [2.45, 2.75) is 26.0 Å². The van der Waals surface area contributed by atoms with Gasteiger partial charge in [0.1, 0.15) is 11.3 Å². The number of nitrogens with one attached hydrogen (secondary N) is 1. The van der Waals surface area contributed by atoms with Crippen LogP contribution in [0.25, 0.3) is 11.0 Å². The van der Waals surface area contributed by atoms with E-state index in [1.165, 1.54) is 5.56 Å². The topological polar surface area (TPSA) is 37.6 Å². The van der Waals surface area contributed by atoms with E-state index in [0.717, 1.165) is 43.0 Å². The number of furan rings is 1. The minimum atomic E-state index is 0.101. The molecule has 0 saturated carbocycles. The first-order valence-electron chi connectivity index (χ1n) is 7.71. The molecule has 0 spiro atoms. The van der Waals surface area contributed by atoms with Crippen molar-refractivity contribution in [3.05, 3.63) is 35.6 Å². The van der Waals surface area contributed by atoms with E-state index in [4.69, 9.17) is 9.15 Å². The Bertz CT molecular complexity index is 608. The summed E-state index contributed by atoms with van der Waals surface area (Å²) >= 11 is 0. The van der Waals surface area contributed by atoms with Crippen LogP contribution in [0.2, 0.25) is 0 Å². The Labute approximate surface area is 126 Å². The van der Waals surface area contributed by atoms with Gasteiger partial charge in [0.25, 0.3) is 0 Å². The Morgan fingerprint density at radius 3 is 3.00 bits per heavy atom. The third kappa shape index (κ3) is 2.98. The van der Waals surface area contributed by atoms with E-state index in [-0.39, 0.29) is 12.1 Å². The van der Waals surface area contributed by atoms with Gasteiger partial charge in [-0.3, -0.25) is 0 Å². The average Bonchev–Trinajstić information content (AvgIpc) is 2.90. The van der Waals surface area contributed by atoms with Crippen molar-refractivity contribution >= 4 is 11.0 Å². The molecule has 4 nitrogen and oxygen atoms in total. The third-order valence-corrected chi connectivity index (χ3v) is 4.16. The van der Waals surface area contributed by atoms with Crippen LogP contribution in [-0.4, -0.2) is 44.3 Å². The van der Waals surface area contributed by atoms with Crippen LogP contribution in [-0.2, 0) is 4.74 Å². The number of nitrogens with zero attached hydrogens (tertiary/aromatic N) is 1. The molecule has 2 heterocycles. The lowest BCUT2D eigenvalue weighted by atomic mass is 10.1. The number of ether oxygens (including phenoxy) is 1. The first kappa shape index (κ1) is 14.6. The lowest BCUT2D eigenvalue weighted by molar-refractivity contribution is -0.0422. The molecule has 2 unspecified atom stereocenters. The maximum atomic E-state index is 6.14. The van der Waals surface area contributed by atoms with Gasteiger partial charge in [0, 0.05) is 18.5 Å². The van der Waals surface area contributed by atoms with Gasteiger partial charge in [-0.2, -0.15) is 0 Å². The summed E-state index contributed by atoms with van der Waals surface area (Å²) in [7, 11) is 2.14. The number of fused-ring (bicyclic) bond motifs is 1. The Morgan fingerprint density at radius 2 is 2.29 bits per heavy atom. The van der Waals surface area contributed by atoms with Gasteiger partial charge in [-0.25, -0.2) is 0 Å². The number of aryl methyl sites for hydroxylation is 1. The largest absolute Gasteiger partial charge is 0.459 e. The minimum Gasteiger partial charge on any atom is -0.459 e. The van der Waals surface area contributed by atoms with Crippen LogP contribution in [0.5, 0.6) is 0 Å². The fourth-order valence-corrected chi connectivity index (χ4v) is 3.03. The highest BCUT2D eigenvalue weighted by molar-refractivity contribution is 5.81. The zero-order valence-electron chi connectivity index (χ0n) is 13.1. The molecule has 21 heavy (non-hydrogen) atoms. The smallest absolute Gasteiger partial charge is 0.137 e. The maximum Gasteiger partial charge on any atom is 0.137 e. The van der Waals surface area contributed by atoms with Crippen LogP contribution in [0, 0.1) is 6.92 Å². The average molecular weight is 288 g/mol. The number of benzene rings is 1. The standard InChI is InChI=1S/C17H24N2O2/c1-4-18-16(15-11-19(3)8-9-20-15)14-10-13-7-5-6-12(2)17(13)21-14/h5-7,10,15-16,18H,4,8-9,11H2,1-3H3. The summed E-state index contributed by atoms with van der Waals surface area (Å²) in [4.78, 5) is 2.31. The highest BCUT2D eigenvalue weighted by Crippen LogP contribution is 2.29. The normalized spacial score (nSPS) is 21.8. The number of likely N-dealkylation sites (N-methyl/N-ethyl adjacent to an activating group) is 2. The predicted molar refractivity (Wildman–Crippen MR) is 84.6 cm³/mol. The van der Waals surface area contributed by atoms with E-state index in [0.29, 0.717) is 0 Å². The molecule has 1 aromatic carbocycles. The van der Waals surface area contributed by atoms with Crippen molar-refractivity contribution < 1.29 is 9.15 Å². The molecule has 1 aliphatic heterocycles. The molecule has 114 valence electrons. The molecule has 3 rings (SSSR count). The van der Waals surface area contributed by atoms with E-state index in [2.05, 4.69) is 55.4 Å². The monoisotopic (exact) mass is 288 g/mol. The summed E-state index contributed by atoms with van der Waals surface area (Å²) in [6.07, 6.45) is 0.129. The summed E-state index contributed by atoms with van der Waals surface area (Å²) in [5, 5.41) is 4.69. The maximum absolute atomic E-state index is 6.14. The molecule has 0 radical (unpaired) electrons. The molecule has 0 aliphatic carbocycles. The molecule has 0 bridgehead atoms. The second-order valence-corrected chi connectivity index (χ2v) is 5.85. The second kappa shape index (κ2) is 6.18. The van der Waals surface area contributed by atoms with Crippen LogP contribution in [0.3, 0.4) is 0 Å². The zero-order valence-corrected chi connectivity index (χ0v) is 13.1. The molecular weight excluding hydrogens is 264 g/mol. The summed E-state index contributed by atoms with van der Waals surface area (Å²) < 4.78 is 12.1. The number of hydrogen-bond donors (Lipinski definition) is 1. The van der Waals surface area contributed by atoms with Crippen molar-refractivity contribution in [1.29, 1.82) is 0 Å². The number of hydrogen-bond acceptors (Lipinski definition) is 4. The van der Waals surface area contributed by atoms with Gasteiger partial charge in [0.15, 0.2) is 0 Å². The molecule has 1 fully saturated rings. The quantitative estimate of drug-likeness (QED) is 0.938. The fourth-order valence-electron chi connectivity index (χ4n) is 3.03. The van der Waals surface area contributed by atoms with Crippen molar-refractivity contribution in [3.63, 3.8) is 0 Å². The molecular formula is C17H24N2O2. The zero-order chi connectivity index (χ0) is 14.8. The van der Waals surface area contributed by atoms with Gasteiger partial charge in [0.05, 0.1) is 18.8 Å². The SMILES string of the molecule is CCNC(c1cc2cccc(C)c2o1)C1CN(C)CCO1. The molecule has 2 atom stereocenters. The fraction of sp³-hybridized carbons (Fsp3) is 0.529. The predicted octanol–water partition coefficient (Wildman–Crippen LogP) is 2.72. The van der Waals surface area contributed by atoms with Crippen molar-refractivity contribution in [1.82, 2.24) is 10.2 Å². The second-order valence-electron chi connectivity index (χ2n) is 5.85. The van der Waals surface area contributed by atoms with Crippen LogP contribution in [0.1, 0.15) is 24.3 Å². The highest BCUT2D eigenvalue weighted by Gasteiger charge is 2.30. The van der Waals surface area contributed by atoms with E-state index in [9.17, 15) is 0 Å². The number of morpholine rings is 1. The van der Waals surface area contributed by atoms with Gasteiger partial charge >= 0.3 is 0 Å². The first-order valence-corrected chi connectivity index (χ1v) is 7.71. The Morgan fingerprint density at radius 1 is 1.43 bits per heavy atom. The highest BCUT2D eigenvalue weighted by atomic mass is 16.5. The Balaban J connectivity index is 1.93. The van der Waals surface area contributed by atoms with Gasteiger partial charge < -0.3 is 19.4 Å². The molecule has 4 heteroatoms. The van der Waals surface area contributed by atoms with Crippen LogP contribution < -0.4 is 5.32 Å².